The van der Waals surface area contributed by atoms with Crippen molar-refractivity contribution in [2.45, 2.75) is 57.0 Å². The van der Waals surface area contributed by atoms with Crippen molar-refractivity contribution in [3.63, 3.8) is 0 Å². The number of imide groups is 1. The molecule has 5 rings (SSSR count). The normalized spacial score (nSPS) is 21.4. The molecule has 35 heavy (non-hydrogen) atoms. The number of hydrogen-bond acceptors (Lipinski definition) is 7. The lowest BCUT2D eigenvalue weighted by atomic mass is 9.82. The SMILES string of the molecule is C[C@@H](c1nc(-c2ccccc2)no1)N1CCN(C(=O)CCN2C(=O)NC3(CCCCC3)C2=O)CC1. The van der Waals surface area contributed by atoms with Gasteiger partial charge in [0.2, 0.25) is 17.6 Å². The van der Waals surface area contributed by atoms with E-state index in [2.05, 4.69) is 20.4 Å². The van der Waals surface area contributed by atoms with Gasteiger partial charge in [0, 0.05) is 44.7 Å². The molecule has 1 N–H and O–H groups in total. The van der Waals surface area contributed by atoms with Crippen LogP contribution in [-0.2, 0) is 9.59 Å². The summed E-state index contributed by atoms with van der Waals surface area (Å²) < 4.78 is 5.51. The molecule has 1 spiro atoms. The first kappa shape index (κ1) is 23.5. The summed E-state index contributed by atoms with van der Waals surface area (Å²) in [6.07, 6.45) is 4.50. The standard InChI is InChI=1S/C25H32N6O4/c1-18(22-26-21(28-35-22)19-8-4-2-5-9-19)29-14-16-30(17-15-29)20(32)10-13-31-23(33)25(27-24(31)34)11-6-3-7-12-25/h2,4-5,8-9,18H,3,6-7,10-17H2,1H3,(H,27,34)/t18-/m0/s1. The quantitative estimate of drug-likeness (QED) is 0.633. The van der Waals surface area contributed by atoms with Gasteiger partial charge in [-0.15, -0.1) is 0 Å². The topological polar surface area (TPSA) is 112 Å². The fourth-order valence-electron chi connectivity index (χ4n) is 5.36. The second kappa shape index (κ2) is 9.77. The van der Waals surface area contributed by atoms with Gasteiger partial charge in [0.15, 0.2) is 0 Å². The molecule has 4 amide bonds. The fourth-order valence-corrected chi connectivity index (χ4v) is 5.36. The Morgan fingerprint density at radius 2 is 1.80 bits per heavy atom. The van der Waals surface area contributed by atoms with Gasteiger partial charge in [0.05, 0.1) is 6.04 Å². The maximum absolute atomic E-state index is 12.9. The monoisotopic (exact) mass is 480 g/mol. The third-order valence-electron chi connectivity index (χ3n) is 7.55. The van der Waals surface area contributed by atoms with Crippen molar-refractivity contribution >= 4 is 17.8 Å². The van der Waals surface area contributed by atoms with E-state index in [9.17, 15) is 14.4 Å². The number of urea groups is 1. The third-order valence-corrected chi connectivity index (χ3v) is 7.55. The second-order valence-corrected chi connectivity index (χ2v) is 9.69. The summed E-state index contributed by atoms with van der Waals surface area (Å²) in [5, 5.41) is 7.01. The van der Waals surface area contributed by atoms with Crippen LogP contribution in [0.25, 0.3) is 11.4 Å². The predicted octanol–water partition coefficient (Wildman–Crippen LogP) is 2.59. The Labute approximate surface area is 204 Å². The molecule has 10 nitrogen and oxygen atoms in total. The molecule has 2 saturated heterocycles. The van der Waals surface area contributed by atoms with Crippen LogP contribution in [0.2, 0.25) is 0 Å². The molecule has 3 aliphatic rings. The van der Waals surface area contributed by atoms with Crippen LogP contribution in [0.1, 0.15) is 57.4 Å². The van der Waals surface area contributed by atoms with Crippen molar-refractivity contribution in [1.29, 1.82) is 0 Å². The molecule has 2 aromatic rings. The molecule has 0 unspecified atom stereocenters. The lowest BCUT2D eigenvalue weighted by Gasteiger charge is -2.37. The molecule has 10 heteroatoms. The van der Waals surface area contributed by atoms with Gasteiger partial charge in [-0.05, 0) is 19.8 Å². The Kier molecular flexibility index (Phi) is 6.55. The van der Waals surface area contributed by atoms with Crippen molar-refractivity contribution in [2.24, 2.45) is 0 Å². The van der Waals surface area contributed by atoms with E-state index in [0.29, 0.717) is 50.7 Å². The van der Waals surface area contributed by atoms with Crippen LogP contribution < -0.4 is 5.32 Å². The lowest BCUT2D eigenvalue weighted by Crippen LogP contribution is -2.50. The summed E-state index contributed by atoms with van der Waals surface area (Å²) in [7, 11) is 0. The molecule has 2 aliphatic heterocycles. The summed E-state index contributed by atoms with van der Waals surface area (Å²) in [5.41, 5.74) is 0.166. The number of amides is 4. The first-order valence-corrected chi connectivity index (χ1v) is 12.5. The van der Waals surface area contributed by atoms with Crippen LogP contribution in [0.4, 0.5) is 4.79 Å². The number of hydrogen-bond donors (Lipinski definition) is 1. The number of carbonyl (C=O) groups excluding carboxylic acids is 3. The Hall–Kier alpha value is -3.27. The van der Waals surface area contributed by atoms with E-state index < -0.39 is 5.54 Å². The van der Waals surface area contributed by atoms with E-state index in [0.717, 1.165) is 24.8 Å². The molecule has 1 aromatic heterocycles. The van der Waals surface area contributed by atoms with Gasteiger partial charge in [0.25, 0.3) is 5.91 Å². The molecule has 186 valence electrons. The van der Waals surface area contributed by atoms with Crippen molar-refractivity contribution in [3.05, 3.63) is 36.2 Å². The summed E-state index contributed by atoms with van der Waals surface area (Å²) in [4.78, 5) is 48.0. The third kappa shape index (κ3) is 4.67. The van der Waals surface area contributed by atoms with Crippen LogP contribution in [0.3, 0.4) is 0 Å². The van der Waals surface area contributed by atoms with Crippen molar-refractivity contribution in [2.75, 3.05) is 32.7 Å². The van der Waals surface area contributed by atoms with Gasteiger partial charge in [-0.25, -0.2) is 4.79 Å². The molecule has 1 saturated carbocycles. The van der Waals surface area contributed by atoms with Crippen LogP contribution in [0.5, 0.6) is 0 Å². The van der Waals surface area contributed by atoms with Gasteiger partial charge in [-0.1, -0.05) is 54.8 Å². The first-order chi connectivity index (χ1) is 17.0. The Bertz CT molecular complexity index is 1070. The fraction of sp³-hybridized carbons (Fsp3) is 0.560. The number of piperazine rings is 1. The zero-order valence-electron chi connectivity index (χ0n) is 20.1. The van der Waals surface area contributed by atoms with Gasteiger partial charge < -0.3 is 14.7 Å². The zero-order valence-corrected chi connectivity index (χ0v) is 20.1. The van der Waals surface area contributed by atoms with E-state index in [1.807, 2.05) is 37.3 Å². The van der Waals surface area contributed by atoms with Crippen LogP contribution in [0, 0.1) is 0 Å². The average molecular weight is 481 g/mol. The number of aromatic nitrogens is 2. The van der Waals surface area contributed by atoms with Crippen molar-refractivity contribution in [3.8, 4) is 11.4 Å². The molecule has 1 aliphatic carbocycles. The van der Waals surface area contributed by atoms with Gasteiger partial charge >= 0.3 is 6.03 Å². The van der Waals surface area contributed by atoms with Crippen LogP contribution in [-0.4, -0.2) is 80.9 Å². The van der Waals surface area contributed by atoms with Crippen molar-refractivity contribution < 1.29 is 18.9 Å². The number of carbonyl (C=O) groups is 3. The van der Waals surface area contributed by atoms with Gasteiger partial charge in [0.1, 0.15) is 5.54 Å². The molecule has 1 aromatic carbocycles. The highest BCUT2D eigenvalue weighted by molar-refractivity contribution is 6.07. The summed E-state index contributed by atoms with van der Waals surface area (Å²) >= 11 is 0. The smallest absolute Gasteiger partial charge is 0.325 e. The number of nitrogens with zero attached hydrogens (tertiary/aromatic N) is 5. The van der Waals surface area contributed by atoms with Crippen LogP contribution in [0.15, 0.2) is 34.9 Å². The van der Waals surface area contributed by atoms with E-state index in [4.69, 9.17) is 4.52 Å². The Balaban J connectivity index is 1.11. The maximum Gasteiger partial charge on any atom is 0.325 e. The minimum absolute atomic E-state index is 0.0355. The summed E-state index contributed by atoms with van der Waals surface area (Å²) in [6.45, 7) is 4.68. The van der Waals surface area contributed by atoms with E-state index in [-0.39, 0.29) is 36.9 Å². The minimum Gasteiger partial charge on any atom is -0.340 e. The highest BCUT2D eigenvalue weighted by atomic mass is 16.5. The molecule has 3 fully saturated rings. The van der Waals surface area contributed by atoms with Crippen molar-refractivity contribution in [1.82, 2.24) is 30.2 Å². The largest absolute Gasteiger partial charge is 0.340 e. The van der Waals surface area contributed by atoms with Crippen LogP contribution >= 0.6 is 0 Å². The highest BCUT2D eigenvalue weighted by Gasteiger charge is 2.51. The van der Waals surface area contributed by atoms with E-state index in [1.165, 1.54) is 4.90 Å². The lowest BCUT2D eigenvalue weighted by molar-refractivity contribution is -0.135. The maximum atomic E-state index is 12.9. The van der Waals surface area contributed by atoms with Gasteiger partial charge in [-0.2, -0.15) is 4.98 Å². The molecule has 1 atom stereocenters. The first-order valence-electron chi connectivity index (χ1n) is 12.5. The second-order valence-electron chi connectivity index (χ2n) is 9.69. The molecule has 0 bridgehead atoms. The van der Waals surface area contributed by atoms with E-state index in [1.54, 1.807) is 4.90 Å². The molecular formula is C25H32N6O4. The van der Waals surface area contributed by atoms with Gasteiger partial charge in [-0.3, -0.25) is 19.4 Å². The number of rotatable bonds is 6. The molecule has 0 radical (unpaired) electrons. The van der Waals surface area contributed by atoms with E-state index >= 15 is 0 Å². The Morgan fingerprint density at radius 3 is 2.51 bits per heavy atom. The average Bonchev–Trinajstić information content (AvgIpc) is 3.47. The summed E-state index contributed by atoms with van der Waals surface area (Å²) in [5.74, 6) is 0.922. The predicted molar refractivity (Wildman–Crippen MR) is 127 cm³/mol. The number of benzene rings is 1. The molecular weight excluding hydrogens is 448 g/mol. The highest BCUT2D eigenvalue weighted by Crippen LogP contribution is 2.33. The molecule has 3 heterocycles. The number of nitrogens with one attached hydrogen (secondary N) is 1. The Morgan fingerprint density at radius 1 is 1.09 bits per heavy atom. The summed E-state index contributed by atoms with van der Waals surface area (Å²) in [6, 6.07) is 9.28. The zero-order chi connectivity index (χ0) is 24.4. The minimum atomic E-state index is -0.741.